The molecule has 0 radical (unpaired) electrons. The Balaban J connectivity index is 1.41. The summed E-state index contributed by atoms with van der Waals surface area (Å²) in [6.45, 7) is 4.69. The zero-order chi connectivity index (χ0) is 19.5. The van der Waals surface area contributed by atoms with Gasteiger partial charge in [-0.15, -0.1) is 0 Å². The quantitative estimate of drug-likeness (QED) is 0.719. The van der Waals surface area contributed by atoms with Gasteiger partial charge in [-0.2, -0.15) is 0 Å². The number of para-hydroxylation sites is 2. The van der Waals surface area contributed by atoms with Crippen molar-refractivity contribution in [2.75, 3.05) is 6.54 Å². The summed E-state index contributed by atoms with van der Waals surface area (Å²) in [6.07, 6.45) is 1.57. The van der Waals surface area contributed by atoms with Crippen molar-refractivity contribution in [2.24, 2.45) is 0 Å². The van der Waals surface area contributed by atoms with E-state index in [0.29, 0.717) is 25.1 Å². The Kier molecular flexibility index (Phi) is 5.10. The lowest BCUT2D eigenvalue weighted by atomic mass is 10.1. The number of nitrogens with zero attached hydrogens (tertiary/aromatic N) is 3. The highest BCUT2D eigenvalue weighted by atomic mass is 16.2. The van der Waals surface area contributed by atoms with E-state index in [1.807, 2.05) is 53.4 Å². The molecule has 6 heteroatoms. The number of amides is 2. The number of rotatable bonds is 6. The lowest BCUT2D eigenvalue weighted by Gasteiger charge is -2.15. The van der Waals surface area contributed by atoms with Gasteiger partial charge in [-0.25, -0.2) is 4.98 Å². The number of carbonyl (C=O) groups excluding carboxylic acids is 2. The summed E-state index contributed by atoms with van der Waals surface area (Å²) < 4.78 is 2.12. The predicted molar refractivity (Wildman–Crippen MR) is 108 cm³/mol. The smallest absolute Gasteiger partial charge is 0.251 e. The maximum atomic E-state index is 12.5. The average molecular weight is 376 g/mol. The van der Waals surface area contributed by atoms with Crippen molar-refractivity contribution < 1.29 is 9.59 Å². The molecule has 2 aromatic carbocycles. The number of likely N-dealkylation sites (tertiary alicyclic amines) is 1. The molecular weight excluding hydrogens is 352 g/mol. The van der Waals surface area contributed by atoms with Gasteiger partial charge in [0.2, 0.25) is 5.91 Å². The van der Waals surface area contributed by atoms with Gasteiger partial charge in [0.25, 0.3) is 5.91 Å². The first-order valence-corrected chi connectivity index (χ1v) is 9.75. The van der Waals surface area contributed by atoms with Crippen LogP contribution in [-0.2, 0) is 24.4 Å². The Hall–Kier alpha value is -3.15. The number of fused-ring (bicyclic) bond motifs is 1. The van der Waals surface area contributed by atoms with Crippen LogP contribution in [0.2, 0.25) is 0 Å². The summed E-state index contributed by atoms with van der Waals surface area (Å²) in [4.78, 5) is 30.8. The molecule has 0 atom stereocenters. The van der Waals surface area contributed by atoms with Gasteiger partial charge >= 0.3 is 0 Å². The Labute approximate surface area is 164 Å². The Morgan fingerprint density at radius 1 is 1.14 bits per heavy atom. The van der Waals surface area contributed by atoms with Gasteiger partial charge < -0.3 is 14.8 Å². The molecule has 4 rings (SSSR count). The first kappa shape index (κ1) is 18.2. The van der Waals surface area contributed by atoms with E-state index in [0.717, 1.165) is 41.9 Å². The second kappa shape index (κ2) is 7.84. The molecule has 3 aromatic rings. The standard InChI is InChI=1S/C22H24N4O2/c1-2-26-19-7-4-3-6-18(19)24-20(26)14-23-22(28)17-11-9-16(10-12-17)15-25-13-5-8-21(25)27/h3-4,6-7,9-12H,2,5,8,13-15H2,1H3,(H,23,28). The van der Waals surface area contributed by atoms with Crippen LogP contribution in [0.4, 0.5) is 0 Å². The zero-order valence-electron chi connectivity index (χ0n) is 16.0. The molecular formula is C22H24N4O2. The van der Waals surface area contributed by atoms with Crippen molar-refractivity contribution in [1.29, 1.82) is 0 Å². The van der Waals surface area contributed by atoms with E-state index in [9.17, 15) is 9.59 Å². The summed E-state index contributed by atoms with van der Waals surface area (Å²) >= 11 is 0. The maximum Gasteiger partial charge on any atom is 0.251 e. The van der Waals surface area contributed by atoms with E-state index in [1.165, 1.54) is 0 Å². The van der Waals surface area contributed by atoms with Gasteiger partial charge in [0.15, 0.2) is 0 Å². The lowest BCUT2D eigenvalue weighted by Crippen LogP contribution is -2.25. The lowest BCUT2D eigenvalue weighted by molar-refractivity contribution is -0.128. The Bertz CT molecular complexity index is 1010. The van der Waals surface area contributed by atoms with Crippen LogP contribution < -0.4 is 5.32 Å². The van der Waals surface area contributed by atoms with Crippen LogP contribution in [0.25, 0.3) is 11.0 Å². The topological polar surface area (TPSA) is 67.2 Å². The number of carbonyl (C=O) groups is 2. The van der Waals surface area contributed by atoms with E-state index in [1.54, 1.807) is 0 Å². The van der Waals surface area contributed by atoms with Crippen LogP contribution in [0.15, 0.2) is 48.5 Å². The molecule has 1 aromatic heterocycles. The molecule has 2 heterocycles. The van der Waals surface area contributed by atoms with Crippen molar-refractivity contribution in [3.05, 3.63) is 65.5 Å². The second-order valence-electron chi connectivity index (χ2n) is 7.06. The second-order valence-corrected chi connectivity index (χ2v) is 7.06. The van der Waals surface area contributed by atoms with Gasteiger partial charge in [-0.3, -0.25) is 9.59 Å². The Morgan fingerprint density at radius 3 is 2.64 bits per heavy atom. The van der Waals surface area contributed by atoms with Crippen LogP contribution in [0.3, 0.4) is 0 Å². The van der Waals surface area contributed by atoms with E-state index < -0.39 is 0 Å². The normalized spacial score (nSPS) is 14.0. The predicted octanol–water partition coefficient (Wildman–Crippen LogP) is 3.11. The molecule has 0 spiro atoms. The largest absolute Gasteiger partial charge is 0.345 e. The van der Waals surface area contributed by atoms with Crippen molar-refractivity contribution >= 4 is 22.8 Å². The van der Waals surface area contributed by atoms with Gasteiger partial charge in [-0.1, -0.05) is 24.3 Å². The van der Waals surface area contributed by atoms with Crippen LogP contribution in [0, 0.1) is 0 Å². The number of benzene rings is 2. The minimum Gasteiger partial charge on any atom is -0.345 e. The molecule has 6 nitrogen and oxygen atoms in total. The summed E-state index contributed by atoms with van der Waals surface area (Å²) in [7, 11) is 0. The van der Waals surface area contributed by atoms with Crippen LogP contribution in [0.5, 0.6) is 0 Å². The van der Waals surface area contributed by atoms with Gasteiger partial charge in [0.1, 0.15) is 5.82 Å². The molecule has 0 bridgehead atoms. The summed E-state index contributed by atoms with van der Waals surface area (Å²) in [5.41, 5.74) is 3.67. The van der Waals surface area contributed by atoms with Crippen molar-refractivity contribution in [3.63, 3.8) is 0 Å². The summed E-state index contributed by atoms with van der Waals surface area (Å²) in [6, 6.07) is 15.5. The third-order valence-corrected chi connectivity index (χ3v) is 5.22. The highest BCUT2D eigenvalue weighted by Gasteiger charge is 2.20. The number of aromatic nitrogens is 2. The summed E-state index contributed by atoms with van der Waals surface area (Å²) in [5, 5.41) is 2.96. The van der Waals surface area contributed by atoms with Crippen molar-refractivity contribution in [2.45, 2.75) is 39.4 Å². The molecule has 144 valence electrons. The third-order valence-electron chi connectivity index (χ3n) is 5.22. The molecule has 0 unspecified atom stereocenters. The average Bonchev–Trinajstić information content (AvgIpc) is 3.29. The molecule has 28 heavy (non-hydrogen) atoms. The highest BCUT2D eigenvalue weighted by Crippen LogP contribution is 2.17. The number of aryl methyl sites for hydroxylation is 1. The minimum atomic E-state index is -0.126. The third kappa shape index (κ3) is 3.63. The van der Waals surface area contributed by atoms with E-state index in [4.69, 9.17) is 0 Å². The number of hydrogen-bond donors (Lipinski definition) is 1. The fraction of sp³-hybridized carbons (Fsp3) is 0.318. The minimum absolute atomic E-state index is 0.126. The highest BCUT2D eigenvalue weighted by molar-refractivity contribution is 5.94. The van der Waals surface area contributed by atoms with Crippen molar-refractivity contribution in [3.8, 4) is 0 Å². The van der Waals surface area contributed by atoms with E-state index >= 15 is 0 Å². The van der Waals surface area contributed by atoms with Gasteiger partial charge in [0.05, 0.1) is 17.6 Å². The molecule has 0 saturated carbocycles. The molecule has 1 N–H and O–H groups in total. The first-order chi connectivity index (χ1) is 13.7. The van der Waals surface area contributed by atoms with Crippen molar-refractivity contribution in [1.82, 2.24) is 19.8 Å². The molecule has 0 aliphatic carbocycles. The zero-order valence-corrected chi connectivity index (χ0v) is 16.0. The van der Waals surface area contributed by atoms with Crippen LogP contribution in [-0.4, -0.2) is 32.8 Å². The molecule has 1 saturated heterocycles. The fourth-order valence-corrected chi connectivity index (χ4v) is 3.73. The number of nitrogens with one attached hydrogen (secondary N) is 1. The molecule has 1 aliphatic heterocycles. The molecule has 1 aliphatic rings. The number of imidazole rings is 1. The van der Waals surface area contributed by atoms with E-state index in [2.05, 4.69) is 21.8 Å². The molecule has 1 fully saturated rings. The number of hydrogen-bond acceptors (Lipinski definition) is 3. The molecule has 2 amide bonds. The van der Waals surface area contributed by atoms with Gasteiger partial charge in [-0.05, 0) is 43.2 Å². The monoisotopic (exact) mass is 376 g/mol. The van der Waals surface area contributed by atoms with E-state index in [-0.39, 0.29) is 11.8 Å². The summed E-state index contributed by atoms with van der Waals surface area (Å²) in [5.74, 6) is 0.931. The maximum absolute atomic E-state index is 12.5. The van der Waals surface area contributed by atoms with Gasteiger partial charge in [0, 0.05) is 31.6 Å². The first-order valence-electron chi connectivity index (χ1n) is 9.75. The Morgan fingerprint density at radius 2 is 1.93 bits per heavy atom. The van der Waals surface area contributed by atoms with Crippen LogP contribution >= 0.6 is 0 Å². The SMILES string of the molecule is CCn1c(CNC(=O)c2ccc(CN3CCCC3=O)cc2)nc2ccccc21. The van der Waals surface area contributed by atoms with Crippen LogP contribution in [0.1, 0.15) is 41.5 Å². The fourth-order valence-electron chi connectivity index (χ4n) is 3.73.